The number of rotatable bonds is 4. The van der Waals surface area contributed by atoms with Gasteiger partial charge in [0.2, 0.25) is 5.91 Å². The van der Waals surface area contributed by atoms with Crippen LogP contribution in [-0.2, 0) is 11.3 Å². The molecule has 3 rings (SSSR count). The van der Waals surface area contributed by atoms with Crippen LogP contribution in [0.3, 0.4) is 0 Å². The predicted molar refractivity (Wildman–Crippen MR) is 88.4 cm³/mol. The van der Waals surface area contributed by atoms with Crippen molar-refractivity contribution in [3.05, 3.63) is 20.8 Å². The molecule has 0 spiro atoms. The molecule has 0 radical (unpaired) electrons. The summed E-state index contributed by atoms with van der Waals surface area (Å²) in [6.45, 7) is 0.660. The molecule has 112 valence electrons. The minimum atomic E-state index is 0. The van der Waals surface area contributed by atoms with E-state index >= 15 is 0 Å². The Morgan fingerprint density at radius 2 is 2.05 bits per heavy atom. The van der Waals surface area contributed by atoms with E-state index in [1.54, 1.807) is 11.3 Å². The van der Waals surface area contributed by atoms with E-state index in [-0.39, 0.29) is 18.3 Å². The molecule has 2 N–H and O–H groups in total. The highest BCUT2D eigenvalue weighted by atomic mass is 79.9. The summed E-state index contributed by atoms with van der Waals surface area (Å²) in [5, 5.41) is 6.66. The highest BCUT2D eigenvalue weighted by molar-refractivity contribution is 9.11. The van der Waals surface area contributed by atoms with Gasteiger partial charge in [-0.25, -0.2) is 0 Å². The normalized spacial score (nSPS) is 27.9. The lowest BCUT2D eigenvalue weighted by Gasteiger charge is -2.28. The average molecular weight is 380 g/mol. The van der Waals surface area contributed by atoms with Gasteiger partial charge in [0, 0.05) is 23.4 Å². The van der Waals surface area contributed by atoms with Gasteiger partial charge in [-0.2, -0.15) is 0 Å². The van der Waals surface area contributed by atoms with Gasteiger partial charge < -0.3 is 10.6 Å². The van der Waals surface area contributed by atoms with E-state index in [9.17, 15) is 4.79 Å². The average Bonchev–Trinajstić information content (AvgIpc) is 2.93. The fraction of sp³-hybridized carbons (Fsp3) is 0.643. The van der Waals surface area contributed by atoms with Gasteiger partial charge in [0.25, 0.3) is 0 Å². The lowest BCUT2D eigenvalue weighted by atomic mass is 9.89. The first-order chi connectivity index (χ1) is 9.19. The van der Waals surface area contributed by atoms with Gasteiger partial charge in [0.05, 0.1) is 10.3 Å². The zero-order valence-electron chi connectivity index (χ0n) is 11.2. The molecule has 2 aliphatic heterocycles. The molecule has 1 aromatic heterocycles. The number of hydrogen-bond donors (Lipinski definition) is 2. The molecule has 1 aromatic rings. The molecule has 0 aromatic carbocycles. The maximum Gasteiger partial charge on any atom is 0.220 e. The van der Waals surface area contributed by atoms with Crippen molar-refractivity contribution in [2.45, 2.75) is 50.7 Å². The molecule has 20 heavy (non-hydrogen) atoms. The quantitative estimate of drug-likeness (QED) is 0.841. The maximum absolute atomic E-state index is 12.0. The summed E-state index contributed by atoms with van der Waals surface area (Å²) in [4.78, 5) is 13.2. The van der Waals surface area contributed by atoms with Crippen molar-refractivity contribution >= 4 is 45.6 Å². The molecule has 0 aliphatic carbocycles. The van der Waals surface area contributed by atoms with E-state index in [1.165, 1.54) is 30.6 Å². The van der Waals surface area contributed by atoms with E-state index in [1.807, 2.05) is 6.07 Å². The molecule has 2 saturated heterocycles. The van der Waals surface area contributed by atoms with Crippen LogP contribution >= 0.6 is 39.7 Å². The number of nitrogens with one attached hydrogen (secondary N) is 2. The molecule has 3 heterocycles. The summed E-state index contributed by atoms with van der Waals surface area (Å²) in [7, 11) is 0. The summed E-state index contributed by atoms with van der Waals surface area (Å²) in [6.07, 6.45) is 5.64. The summed E-state index contributed by atoms with van der Waals surface area (Å²) in [5.41, 5.74) is 0. The van der Waals surface area contributed by atoms with Crippen LogP contribution in [-0.4, -0.2) is 18.0 Å². The van der Waals surface area contributed by atoms with E-state index < -0.39 is 0 Å². The first kappa shape index (κ1) is 16.3. The van der Waals surface area contributed by atoms with Gasteiger partial charge in [-0.1, -0.05) is 0 Å². The minimum absolute atomic E-state index is 0. The predicted octanol–water partition coefficient (Wildman–Crippen LogP) is 3.47. The molecule has 2 unspecified atom stereocenters. The summed E-state index contributed by atoms with van der Waals surface area (Å²) in [5.74, 6) is 0.782. The molecule has 1 amide bonds. The smallest absolute Gasteiger partial charge is 0.220 e. The Morgan fingerprint density at radius 3 is 2.65 bits per heavy atom. The third-order valence-electron chi connectivity index (χ3n) is 4.13. The van der Waals surface area contributed by atoms with Crippen molar-refractivity contribution in [3.8, 4) is 0 Å². The van der Waals surface area contributed by atoms with Crippen molar-refractivity contribution in [2.24, 2.45) is 5.92 Å². The zero-order valence-corrected chi connectivity index (χ0v) is 14.5. The molecule has 0 saturated carbocycles. The second-order valence-corrected chi connectivity index (χ2v) is 8.21. The topological polar surface area (TPSA) is 41.1 Å². The van der Waals surface area contributed by atoms with Crippen LogP contribution in [0.1, 0.15) is 37.0 Å². The van der Waals surface area contributed by atoms with Gasteiger partial charge in [-0.3, -0.25) is 4.79 Å². The number of fused-ring (bicyclic) bond motifs is 2. The Balaban J connectivity index is 0.00000147. The Bertz CT molecular complexity index is 456. The number of carbonyl (C=O) groups is 1. The highest BCUT2D eigenvalue weighted by Gasteiger charge is 2.34. The standard InChI is InChI=1S/C14H19BrN2OS.ClH/c15-13-4-3-12(19-13)8-16-14(18)7-9-5-10-1-2-11(6-9)17-10;/h3-4,9-11,17H,1-2,5-8H2,(H,16,18);1H. The molecule has 2 bridgehead atoms. The van der Waals surface area contributed by atoms with Crippen LogP contribution in [0.25, 0.3) is 0 Å². The van der Waals surface area contributed by atoms with E-state index in [0.29, 0.717) is 31.0 Å². The van der Waals surface area contributed by atoms with Crippen LogP contribution < -0.4 is 10.6 Å². The molecule has 3 nitrogen and oxygen atoms in total. The van der Waals surface area contributed by atoms with Gasteiger partial charge in [-0.15, -0.1) is 23.7 Å². The molecular formula is C14H20BrClN2OS. The Labute approximate surface area is 138 Å². The number of carbonyl (C=O) groups excluding carboxylic acids is 1. The number of hydrogen-bond acceptors (Lipinski definition) is 3. The van der Waals surface area contributed by atoms with Crippen molar-refractivity contribution in [3.63, 3.8) is 0 Å². The third-order valence-corrected chi connectivity index (χ3v) is 5.76. The third kappa shape index (κ3) is 4.20. The monoisotopic (exact) mass is 378 g/mol. The number of halogens is 2. The molecule has 2 fully saturated rings. The Kier molecular flexibility index (Phi) is 5.90. The fourth-order valence-electron chi connectivity index (χ4n) is 3.31. The van der Waals surface area contributed by atoms with Crippen LogP contribution in [0.15, 0.2) is 15.9 Å². The van der Waals surface area contributed by atoms with E-state index in [2.05, 4.69) is 32.6 Å². The molecular weight excluding hydrogens is 360 g/mol. The van der Waals surface area contributed by atoms with Crippen molar-refractivity contribution < 1.29 is 4.79 Å². The number of piperidine rings is 1. The SMILES string of the molecule is Cl.O=C(CC1CC2CCC(C1)N2)NCc1ccc(Br)s1. The van der Waals surface area contributed by atoms with Gasteiger partial charge in [0.1, 0.15) is 0 Å². The number of amides is 1. The second kappa shape index (κ2) is 7.25. The molecule has 2 atom stereocenters. The maximum atomic E-state index is 12.0. The van der Waals surface area contributed by atoms with Crippen LogP contribution in [0.4, 0.5) is 0 Å². The first-order valence-corrected chi connectivity index (χ1v) is 8.57. The Hall–Kier alpha value is -0.100. The van der Waals surface area contributed by atoms with Crippen LogP contribution in [0, 0.1) is 5.92 Å². The summed E-state index contributed by atoms with van der Waals surface area (Å²) >= 11 is 5.12. The van der Waals surface area contributed by atoms with Crippen molar-refractivity contribution in [1.82, 2.24) is 10.6 Å². The second-order valence-electron chi connectivity index (χ2n) is 5.66. The van der Waals surface area contributed by atoms with Crippen molar-refractivity contribution in [1.29, 1.82) is 0 Å². The fourth-order valence-corrected chi connectivity index (χ4v) is 4.73. The van der Waals surface area contributed by atoms with Gasteiger partial charge in [0.15, 0.2) is 0 Å². The summed E-state index contributed by atoms with van der Waals surface area (Å²) < 4.78 is 1.12. The van der Waals surface area contributed by atoms with Gasteiger partial charge in [-0.05, 0) is 59.7 Å². The van der Waals surface area contributed by atoms with E-state index in [4.69, 9.17) is 0 Å². The largest absolute Gasteiger partial charge is 0.351 e. The lowest BCUT2D eigenvalue weighted by molar-refractivity contribution is -0.122. The molecule has 6 heteroatoms. The summed E-state index contributed by atoms with van der Waals surface area (Å²) in [6, 6.07) is 5.42. The van der Waals surface area contributed by atoms with Crippen LogP contribution in [0.5, 0.6) is 0 Å². The Morgan fingerprint density at radius 1 is 1.35 bits per heavy atom. The number of thiophene rings is 1. The first-order valence-electron chi connectivity index (χ1n) is 6.96. The lowest BCUT2D eigenvalue weighted by Crippen LogP contribution is -2.39. The molecule has 2 aliphatic rings. The zero-order chi connectivity index (χ0) is 13.2. The minimum Gasteiger partial charge on any atom is -0.351 e. The van der Waals surface area contributed by atoms with E-state index in [0.717, 1.165) is 3.79 Å². The van der Waals surface area contributed by atoms with Gasteiger partial charge >= 0.3 is 0 Å². The highest BCUT2D eigenvalue weighted by Crippen LogP contribution is 2.32. The van der Waals surface area contributed by atoms with Crippen molar-refractivity contribution in [2.75, 3.05) is 0 Å². The van der Waals surface area contributed by atoms with Crippen LogP contribution in [0.2, 0.25) is 0 Å².